The predicted octanol–water partition coefficient (Wildman–Crippen LogP) is 4.05. The molecule has 0 saturated heterocycles. The number of carbonyl (C=O) groups is 2. The van der Waals surface area contributed by atoms with E-state index in [-0.39, 0.29) is 29.5 Å². The fourth-order valence-electron chi connectivity index (χ4n) is 5.12. The van der Waals surface area contributed by atoms with Crippen molar-refractivity contribution in [3.8, 4) is 17.2 Å². The third-order valence-electron chi connectivity index (χ3n) is 7.43. The van der Waals surface area contributed by atoms with Crippen LogP contribution in [0.2, 0.25) is 0 Å². The topological polar surface area (TPSA) is 114 Å². The Kier molecular flexibility index (Phi) is 9.89. The van der Waals surface area contributed by atoms with E-state index in [0.29, 0.717) is 36.0 Å². The Morgan fingerprint density at radius 2 is 1.51 bits per heavy atom. The molecule has 11 heteroatoms. The number of amides is 2. The van der Waals surface area contributed by atoms with Gasteiger partial charge in [0.05, 0.1) is 17.7 Å². The third-order valence-corrected chi connectivity index (χ3v) is 9.22. The van der Waals surface area contributed by atoms with Gasteiger partial charge in [0.1, 0.15) is 31.5 Å². The highest BCUT2D eigenvalue weighted by atomic mass is 32.2. The molecule has 2 amide bonds. The number of fused-ring (bicyclic) bond motifs is 1. The van der Waals surface area contributed by atoms with Gasteiger partial charge in [-0.2, -0.15) is 0 Å². The molecule has 1 N–H and O–H groups in total. The molecule has 0 radical (unpaired) electrons. The largest absolute Gasteiger partial charge is 0.497 e. The number of anilines is 1. The van der Waals surface area contributed by atoms with Crippen molar-refractivity contribution in [3.05, 3.63) is 114 Å². The van der Waals surface area contributed by atoms with E-state index in [4.69, 9.17) is 14.2 Å². The number of methoxy groups -OCH3 is 1. The molecule has 0 saturated carbocycles. The van der Waals surface area contributed by atoms with Crippen molar-refractivity contribution in [2.24, 2.45) is 0 Å². The molecule has 0 aromatic heterocycles. The summed E-state index contributed by atoms with van der Waals surface area (Å²) < 4.78 is 46.1. The Morgan fingerprint density at radius 3 is 2.20 bits per heavy atom. The highest BCUT2D eigenvalue weighted by Crippen LogP contribution is 2.36. The van der Waals surface area contributed by atoms with Crippen molar-refractivity contribution >= 4 is 27.5 Å². The van der Waals surface area contributed by atoms with Crippen LogP contribution in [-0.4, -0.2) is 65.1 Å². The monoisotopic (exact) mass is 629 g/mol. The Hall–Kier alpha value is -5.03. The molecule has 5 rings (SSSR count). The van der Waals surface area contributed by atoms with Crippen LogP contribution in [0.4, 0.5) is 5.69 Å². The highest BCUT2D eigenvalue weighted by Gasteiger charge is 2.35. The lowest BCUT2D eigenvalue weighted by molar-refractivity contribution is -0.139. The van der Waals surface area contributed by atoms with Gasteiger partial charge in [0.2, 0.25) is 11.8 Å². The van der Waals surface area contributed by atoms with Crippen LogP contribution >= 0.6 is 0 Å². The van der Waals surface area contributed by atoms with Gasteiger partial charge in [-0.05, 0) is 47.5 Å². The summed E-state index contributed by atoms with van der Waals surface area (Å²) in [6, 6.07) is 28.2. The molecule has 1 aliphatic heterocycles. The second kappa shape index (κ2) is 14.2. The molecule has 45 heavy (non-hydrogen) atoms. The minimum Gasteiger partial charge on any atom is -0.497 e. The van der Waals surface area contributed by atoms with Crippen LogP contribution in [0, 0.1) is 0 Å². The molecule has 0 bridgehead atoms. The Bertz CT molecular complexity index is 1730. The number of benzene rings is 4. The number of nitrogens with one attached hydrogen (secondary N) is 1. The van der Waals surface area contributed by atoms with Gasteiger partial charge >= 0.3 is 0 Å². The van der Waals surface area contributed by atoms with E-state index in [1.807, 2.05) is 36.4 Å². The molecule has 4 aromatic carbocycles. The van der Waals surface area contributed by atoms with E-state index in [1.165, 1.54) is 24.1 Å². The summed E-state index contributed by atoms with van der Waals surface area (Å²) in [5.41, 5.74) is 1.77. The van der Waals surface area contributed by atoms with E-state index >= 15 is 0 Å². The number of ether oxygens (including phenoxy) is 3. The van der Waals surface area contributed by atoms with Crippen molar-refractivity contribution in [1.82, 2.24) is 10.2 Å². The second-order valence-corrected chi connectivity index (χ2v) is 12.2. The first-order chi connectivity index (χ1) is 21.8. The fourth-order valence-corrected chi connectivity index (χ4v) is 6.55. The lowest BCUT2D eigenvalue weighted by atomic mass is 10.0. The Labute approximate surface area is 263 Å². The van der Waals surface area contributed by atoms with Gasteiger partial charge in [-0.15, -0.1) is 0 Å². The minimum atomic E-state index is -4.23. The van der Waals surface area contributed by atoms with Crippen LogP contribution in [0.15, 0.2) is 108 Å². The number of carbonyl (C=O) groups excluding carboxylic acids is 2. The summed E-state index contributed by atoms with van der Waals surface area (Å²) >= 11 is 0. The van der Waals surface area contributed by atoms with Gasteiger partial charge in [-0.25, -0.2) is 8.42 Å². The first-order valence-corrected chi connectivity index (χ1v) is 15.9. The molecule has 0 aliphatic carbocycles. The average Bonchev–Trinajstić information content (AvgIpc) is 3.08. The summed E-state index contributed by atoms with van der Waals surface area (Å²) in [6.45, 7) is 0.130. The van der Waals surface area contributed by atoms with E-state index in [9.17, 15) is 18.0 Å². The normalized spacial score (nSPS) is 12.9. The van der Waals surface area contributed by atoms with Crippen LogP contribution in [-0.2, 0) is 32.6 Å². The van der Waals surface area contributed by atoms with Crippen LogP contribution in [0.25, 0.3) is 0 Å². The van der Waals surface area contributed by atoms with Gasteiger partial charge in [-0.3, -0.25) is 13.9 Å². The van der Waals surface area contributed by atoms with E-state index in [2.05, 4.69) is 5.32 Å². The summed E-state index contributed by atoms with van der Waals surface area (Å²) in [5, 5.41) is 2.68. The maximum Gasteiger partial charge on any atom is 0.264 e. The second-order valence-electron chi connectivity index (χ2n) is 10.3. The van der Waals surface area contributed by atoms with E-state index in [0.717, 1.165) is 9.87 Å². The van der Waals surface area contributed by atoms with Gasteiger partial charge in [0.15, 0.2) is 11.5 Å². The van der Waals surface area contributed by atoms with Gasteiger partial charge in [0.25, 0.3) is 10.0 Å². The number of nitrogens with zero attached hydrogens (tertiary/aromatic N) is 2. The number of sulfonamides is 1. The first kappa shape index (κ1) is 31.4. The molecule has 0 fully saturated rings. The summed E-state index contributed by atoms with van der Waals surface area (Å²) in [4.78, 5) is 29.3. The maximum atomic E-state index is 14.5. The van der Waals surface area contributed by atoms with Crippen molar-refractivity contribution in [3.63, 3.8) is 0 Å². The van der Waals surface area contributed by atoms with Crippen molar-refractivity contribution < 1.29 is 32.2 Å². The van der Waals surface area contributed by atoms with Crippen LogP contribution in [0.1, 0.15) is 11.1 Å². The van der Waals surface area contributed by atoms with Crippen molar-refractivity contribution in [1.29, 1.82) is 0 Å². The number of rotatable bonds is 12. The lowest BCUT2D eigenvalue weighted by Gasteiger charge is -2.34. The molecule has 1 aliphatic rings. The summed E-state index contributed by atoms with van der Waals surface area (Å²) in [6.07, 6.45) is 0.214. The quantitative estimate of drug-likeness (QED) is 0.252. The standard InChI is InChI=1S/C34H35N3O7S/c1-35-34(39)30(21-25-10-5-3-6-11-25)36(23-26-12-9-13-28(20-26)42-2)33(38)24-37(45(40,41)29-14-7-4-8-15-29)27-16-17-31-32(22-27)44-19-18-43-31/h3-17,20,22,30H,18-19,21,23-24H2,1-2H3,(H,35,39)/t30-/m1/s1. The number of hydrogen-bond acceptors (Lipinski definition) is 7. The van der Waals surface area contributed by atoms with E-state index < -0.39 is 28.5 Å². The third kappa shape index (κ3) is 7.38. The molecular weight excluding hydrogens is 594 g/mol. The Morgan fingerprint density at radius 1 is 0.844 bits per heavy atom. The van der Waals surface area contributed by atoms with Crippen LogP contribution < -0.4 is 23.8 Å². The number of likely N-dealkylation sites (N-methyl/N-ethyl adjacent to an activating group) is 1. The zero-order chi connectivity index (χ0) is 31.8. The van der Waals surface area contributed by atoms with E-state index in [1.54, 1.807) is 61.7 Å². The maximum absolute atomic E-state index is 14.5. The predicted molar refractivity (Wildman–Crippen MR) is 170 cm³/mol. The molecule has 4 aromatic rings. The molecule has 1 atom stereocenters. The molecule has 10 nitrogen and oxygen atoms in total. The lowest BCUT2D eigenvalue weighted by Crippen LogP contribution is -2.53. The first-order valence-electron chi connectivity index (χ1n) is 14.5. The highest BCUT2D eigenvalue weighted by molar-refractivity contribution is 7.92. The fraction of sp³-hybridized carbons (Fsp3) is 0.235. The van der Waals surface area contributed by atoms with Crippen LogP contribution in [0.3, 0.4) is 0 Å². The smallest absolute Gasteiger partial charge is 0.264 e. The van der Waals surface area contributed by atoms with Gasteiger partial charge in [0, 0.05) is 26.1 Å². The number of hydrogen-bond donors (Lipinski definition) is 1. The SMILES string of the molecule is CNC(=O)[C@@H](Cc1ccccc1)N(Cc1cccc(OC)c1)C(=O)CN(c1ccc2c(c1)OCCO2)S(=O)(=O)c1ccccc1. The molecular formula is C34H35N3O7S. The molecule has 234 valence electrons. The molecule has 0 spiro atoms. The van der Waals surface area contributed by atoms with Crippen molar-refractivity contribution in [2.75, 3.05) is 38.2 Å². The average molecular weight is 630 g/mol. The molecule has 1 heterocycles. The zero-order valence-corrected chi connectivity index (χ0v) is 25.9. The minimum absolute atomic E-state index is 0.0131. The van der Waals surface area contributed by atoms with Crippen LogP contribution in [0.5, 0.6) is 17.2 Å². The van der Waals surface area contributed by atoms with Gasteiger partial charge in [-0.1, -0.05) is 60.7 Å². The van der Waals surface area contributed by atoms with Crippen molar-refractivity contribution in [2.45, 2.75) is 23.9 Å². The zero-order valence-electron chi connectivity index (χ0n) is 25.1. The van der Waals surface area contributed by atoms with Gasteiger partial charge < -0.3 is 24.4 Å². The summed E-state index contributed by atoms with van der Waals surface area (Å²) in [5.74, 6) is 0.489. The Balaban J connectivity index is 1.58. The molecule has 0 unspecified atom stereocenters. The summed E-state index contributed by atoms with van der Waals surface area (Å²) in [7, 11) is -1.18.